The average molecular weight is 389 g/mol. The summed E-state index contributed by atoms with van der Waals surface area (Å²) in [5.74, 6) is 0.888. The van der Waals surface area contributed by atoms with Gasteiger partial charge in [-0.25, -0.2) is 0 Å². The van der Waals surface area contributed by atoms with Gasteiger partial charge < -0.3 is 14.6 Å². The molecule has 2 heterocycles. The molecule has 4 rings (SSSR count). The number of likely N-dealkylation sites (tertiary alicyclic amines) is 1. The van der Waals surface area contributed by atoms with E-state index < -0.39 is 0 Å². The van der Waals surface area contributed by atoms with Crippen molar-refractivity contribution in [2.75, 3.05) is 13.1 Å². The van der Waals surface area contributed by atoms with Gasteiger partial charge in [-0.3, -0.25) is 4.79 Å². The number of phenolic OH excluding ortho intramolecular Hbond substituents is 1. The first-order valence-electron chi connectivity index (χ1n) is 10.3. The standard InChI is InChI=1S/C25H28N2O2/c1-18-16-24(19(2)27(18)17-20-6-4-3-5-7-20)25(29)26-14-12-22(13-15-26)21-8-10-23(28)11-9-21/h3-11,16,22,28H,12-15,17H2,1-2H3. The highest BCUT2D eigenvalue weighted by molar-refractivity contribution is 5.95. The van der Waals surface area contributed by atoms with Gasteiger partial charge in [0.15, 0.2) is 0 Å². The van der Waals surface area contributed by atoms with E-state index in [-0.39, 0.29) is 5.91 Å². The minimum absolute atomic E-state index is 0.140. The molecule has 1 N–H and O–H groups in total. The summed E-state index contributed by atoms with van der Waals surface area (Å²) in [6.07, 6.45) is 1.92. The lowest BCUT2D eigenvalue weighted by Crippen LogP contribution is -2.38. The van der Waals surface area contributed by atoms with E-state index in [0.717, 1.165) is 49.4 Å². The molecule has 1 amide bonds. The molecule has 0 unspecified atom stereocenters. The van der Waals surface area contributed by atoms with Gasteiger partial charge in [0.1, 0.15) is 5.75 Å². The fourth-order valence-corrected chi connectivity index (χ4v) is 4.36. The lowest BCUT2D eigenvalue weighted by atomic mass is 9.89. The highest BCUT2D eigenvalue weighted by atomic mass is 16.3. The van der Waals surface area contributed by atoms with Crippen molar-refractivity contribution in [3.8, 4) is 5.75 Å². The van der Waals surface area contributed by atoms with Gasteiger partial charge in [0.25, 0.3) is 5.91 Å². The molecule has 0 spiro atoms. The van der Waals surface area contributed by atoms with E-state index in [1.54, 1.807) is 12.1 Å². The van der Waals surface area contributed by atoms with Crippen molar-refractivity contribution in [3.05, 3.63) is 88.7 Å². The number of carbonyl (C=O) groups excluding carboxylic acids is 1. The van der Waals surface area contributed by atoms with Crippen molar-refractivity contribution in [2.24, 2.45) is 0 Å². The first kappa shape index (κ1) is 19.3. The Morgan fingerprint density at radius 3 is 2.31 bits per heavy atom. The van der Waals surface area contributed by atoms with Crippen LogP contribution in [0, 0.1) is 13.8 Å². The van der Waals surface area contributed by atoms with Crippen LogP contribution < -0.4 is 0 Å². The van der Waals surface area contributed by atoms with Crippen LogP contribution in [0.2, 0.25) is 0 Å². The summed E-state index contributed by atoms with van der Waals surface area (Å²) in [4.78, 5) is 15.2. The molecule has 0 atom stereocenters. The monoisotopic (exact) mass is 388 g/mol. The van der Waals surface area contributed by atoms with Crippen LogP contribution in [0.5, 0.6) is 5.75 Å². The molecule has 150 valence electrons. The van der Waals surface area contributed by atoms with Crippen LogP contribution in [-0.2, 0) is 6.54 Å². The molecule has 3 aromatic rings. The largest absolute Gasteiger partial charge is 0.508 e. The van der Waals surface area contributed by atoms with E-state index in [1.807, 2.05) is 48.2 Å². The van der Waals surface area contributed by atoms with Crippen LogP contribution in [0.15, 0.2) is 60.7 Å². The second-order valence-electron chi connectivity index (χ2n) is 8.01. The predicted molar refractivity (Wildman–Crippen MR) is 115 cm³/mol. The number of carbonyl (C=O) groups is 1. The number of aryl methyl sites for hydroxylation is 1. The summed E-state index contributed by atoms with van der Waals surface area (Å²) < 4.78 is 2.23. The molecule has 4 heteroatoms. The number of benzene rings is 2. The zero-order valence-corrected chi connectivity index (χ0v) is 17.1. The Morgan fingerprint density at radius 1 is 1.00 bits per heavy atom. The molecule has 2 aromatic carbocycles. The molecular formula is C25H28N2O2. The van der Waals surface area contributed by atoms with Crippen LogP contribution in [0.3, 0.4) is 0 Å². The molecule has 0 saturated carbocycles. The number of piperidine rings is 1. The summed E-state index contributed by atoms with van der Waals surface area (Å²) >= 11 is 0. The van der Waals surface area contributed by atoms with Gasteiger partial charge >= 0.3 is 0 Å². The van der Waals surface area contributed by atoms with Gasteiger partial charge in [0, 0.05) is 31.0 Å². The maximum absolute atomic E-state index is 13.2. The van der Waals surface area contributed by atoms with Crippen LogP contribution in [0.25, 0.3) is 0 Å². The van der Waals surface area contributed by atoms with Gasteiger partial charge in [-0.1, -0.05) is 42.5 Å². The molecule has 1 aromatic heterocycles. The Bertz CT molecular complexity index is 982. The zero-order chi connectivity index (χ0) is 20.4. The summed E-state index contributed by atoms with van der Waals surface area (Å²) in [5.41, 5.74) is 5.46. The summed E-state index contributed by atoms with van der Waals surface area (Å²) in [5, 5.41) is 9.48. The van der Waals surface area contributed by atoms with Gasteiger partial charge in [-0.2, -0.15) is 0 Å². The Kier molecular flexibility index (Phi) is 5.43. The lowest BCUT2D eigenvalue weighted by molar-refractivity contribution is 0.0712. The molecule has 1 aliphatic heterocycles. The number of rotatable bonds is 4. The van der Waals surface area contributed by atoms with E-state index in [2.05, 4.69) is 23.6 Å². The Morgan fingerprint density at radius 2 is 1.66 bits per heavy atom. The summed E-state index contributed by atoms with van der Waals surface area (Å²) in [6.45, 7) is 6.45. The molecule has 1 aliphatic rings. The number of phenols is 1. The third-order valence-corrected chi connectivity index (χ3v) is 6.13. The van der Waals surface area contributed by atoms with Crippen LogP contribution in [0.1, 0.15) is 51.6 Å². The topological polar surface area (TPSA) is 45.5 Å². The second kappa shape index (κ2) is 8.16. The maximum atomic E-state index is 13.2. The molecule has 0 aliphatic carbocycles. The molecule has 1 fully saturated rings. The molecule has 4 nitrogen and oxygen atoms in total. The molecule has 0 bridgehead atoms. The highest BCUT2D eigenvalue weighted by Crippen LogP contribution is 2.30. The fraction of sp³-hybridized carbons (Fsp3) is 0.320. The normalized spacial score (nSPS) is 14.9. The van der Waals surface area contributed by atoms with E-state index in [1.165, 1.54) is 11.1 Å². The number of hydrogen-bond donors (Lipinski definition) is 1. The van der Waals surface area contributed by atoms with Gasteiger partial charge in [0.2, 0.25) is 0 Å². The van der Waals surface area contributed by atoms with Crippen molar-refractivity contribution < 1.29 is 9.90 Å². The number of nitrogens with zero attached hydrogens (tertiary/aromatic N) is 2. The van der Waals surface area contributed by atoms with Crippen molar-refractivity contribution in [2.45, 2.75) is 39.2 Å². The van der Waals surface area contributed by atoms with Gasteiger partial charge in [-0.15, -0.1) is 0 Å². The van der Waals surface area contributed by atoms with Crippen molar-refractivity contribution in [1.29, 1.82) is 0 Å². The highest BCUT2D eigenvalue weighted by Gasteiger charge is 2.26. The Balaban J connectivity index is 1.45. The summed E-state index contributed by atoms with van der Waals surface area (Å²) in [6, 6.07) is 19.9. The smallest absolute Gasteiger partial charge is 0.255 e. The van der Waals surface area contributed by atoms with Gasteiger partial charge in [0.05, 0.1) is 5.56 Å². The third-order valence-electron chi connectivity index (χ3n) is 6.13. The minimum atomic E-state index is 0.140. The first-order valence-corrected chi connectivity index (χ1v) is 10.3. The quantitative estimate of drug-likeness (QED) is 0.692. The number of aromatic hydroxyl groups is 1. The lowest BCUT2D eigenvalue weighted by Gasteiger charge is -2.32. The third kappa shape index (κ3) is 4.07. The van der Waals surface area contributed by atoms with Crippen molar-refractivity contribution >= 4 is 5.91 Å². The number of amides is 1. The first-order chi connectivity index (χ1) is 14.0. The van der Waals surface area contributed by atoms with E-state index >= 15 is 0 Å². The van der Waals surface area contributed by atoms with Crippen LogP contribution in [0.4, 0.5) is 0 Å². The van der Waals surface area contributed by atoms with Gasteiger partial charge in [-0.05, 0) is 61.9 Å². The van der Waals surface area contributed by atoms with E-state index in [9.17, 15) is 9.90 Å². The number of hydrogen-bond acceptors (Lipinski definition) is 2. The SMILES string of the molecule is Cc1cc(C(=O)N2CCC(c3ccc(O)cc3)CC2)c(C)n1Cc1ccccc1. The van der Waals surface area contributed by atoms with Crippen molar-refractivity contribution in [1.82, 2.24) is 9.47 Å². The Hall–Kier alpha value is -3.01. The van der Waals surface area contributed by atoms with Crippen LogP contribution >= 0.6 is 0 Å². The predicted octanol–water partition coefficient (Wildman–Crippen LogP) is 4.88. The molecule has 0 radical (unpaired) electrons. The molecule has 29 heavy (non-hydrogen) atoms. The molecule has 1 saturated heterocycles. The zero-order valence-electron chi connectivity index (χ0n) is 17.1. The maximum Gasteiger partial charge on any atom is 0.255 e. The minimum Gasteiger partial charge on any atom is -0.508 e. The van der Waals surface area contributed by atoms with Crippen molar-refractivity contribution in [3.63, 3.8) is 0 Å². The number of aromatic nitrogens is 1. The Labute approximate surface area is 172 Å². The second-order valence-corrected chi connectivity index (χ2v) is 8.01. The van der Waals surface area contributed by atoms with E-state index in [0.29, 0.717) is 11.7 Å². The van der Waals surface area contributed by atoms with E-state index in [4.69, 9.17) is 0 Å². The molecular weight excluding hydrogens is 360 g/mol. The summed E-state index contributed by atoms with van der Waals surface area (Å²) in [7, 11) is 0. The average Bonchev–Trinajstić information content (AvgIpc) is 3.03. The van der Waals surface area contributed by atoms with Crippen LogP contribution in [-0.4, -0.2) is 33.6 Å². The fourth-order valence-electron chi connectivity index (χ4n) is 4.36.